The summed E-state index contributed by atoms with van der Waals surface area (Å²) in [6.07, 6.45) is -1.26. The Kier molecular flexibility index (Phi) is 5.57. The zero-order chi connectivity index (χ0) is 15.4. The average molecular weight is 280 g/mol. The minimum absolute atomic E-state index is 0.229. The van der Waals surface area contributed by atoms with E-state index >= 15 is 0 Å². The largest absolute Gasteiger partial charge is 0.496 e. The number of hydrogen-bond donors (Lipinski definition) is 1. The molecular formula is C16H24O4. The molecule has 0 aliphatic rings. The maximum Gasteiger partial charge on any atom is 0.339 e. The van der Waals surface area contributed by atoms with E-state index in [1.54, 1.807) is 7.11 Å². The summed E-state index contributed by atoms with van der Waals surface area (Å²) in [7, 11) is 2.91. The first-order valence-corrected chi connectivity index (χ1v) is 6.81. The van der Waals surface area contributed by atoms with Gasteiger partial charge in [-0.15, -0.1) is 0 Å². The van der Waals surface area contributed by atoms with E-state index in [2.05, 4.69) is 32.4 Å². The lowest BCUT2D eigenvalue weighted by Crippen LogP contribution is -2.15. The van der Waals surface area contributed by atoms with Crippen molar-refractivity contribution >= 4 is 5.97 Å². The van der Waals surface area contributed by atoms with Crippen LogP contribution < -0.4 is 4.74 Å². The molecule has 1 atom stereocenters. The Morgan fingerprint density at radius 3 is 1.80 bits per heavy atom. The van der Waals surface area contributed by atoms with E-state index in [-0.39, 0.29) is 11.8 Å². The minimum Gasteiger partial charge on any atom is -0.496 e. The Labute approximate surface area is 120 Å². The number of esters is 1. The van der Waals surface area contributed by atoms with Gasteiger partial charge in [0.25, 0.3) is 0 Å². The maximum atomic E-state index is 11.5. The quantitative estimate of drug-likeness (QED) is 0.842. The Bertz CT molecular complexity index is 448. The van der Waals surface area contributed by atoms with Crippen LogP contribution in [0.2, 0.25) is 0 Å². The van der Waals surface area contributed by atoms with Gasteiger partial charge in [0.15, 0.2) is 6.10 Å². The first-order chi connectivity index (χ1) is 9.33. The fraction of sp³-hybridized carbons (Fsp3) is 0.562. The van der Waals surface area contributed by atoms with Crippen molar-refractivity contribution in [2.75, 3.05) is 14.2 Å². The summed E-state index contributed by atoms with van der Waals surface area (Å²) in [5.74, 6) is 0.634. The molecule has 1 N–H and O–H groups in total. The van der Waals surface area contributed by atoms with Crippen LogP contribution >= 0.6 is 0 Å². The summed E-state index contributed by atoms with van der Waals surface area (Å²) in [5.41, 5.74) is 2.51. The number of rotatable bonds is 5. The van der Waals surface area contributed by atoms with Crippen LogP contribution in [0.15, 0.2) is 12.1 Å². The van der Waals surface area contributed by atoms with Crippen LogP contribution in [0.1, 0.15) is 62.3 Å². The predicted octanol–water partition coefficient (Wildman–Crippen LogP) is 3.15. The number of carbonyl (C=O) groups is 1. The first-order valence-electron chi connectivity index (χ1n) is 6.81. The minimum atomic E-state index is -1.26. The molecule has 0 bridgehead atoms. The van der Waals surface area contributed by atoms with Gasteiger partial charge in [-0.1, -0.05) is 27.7 Å². The summed E-state index contributed by atoms with van der Waals surface area (Å²) in [6.45, 7) is 8.21. The van der Waals surface area contributed by atoms with Crippen LogP contribution in [-0.4, -0.2) is 25.3 Å². The Morgan fingerprint density at radius 1 is 1.05 bits per heavy atom. The fourth-order valence-corrected chi connectivity index (χ4v) is 2.20. The van der Waals surface area contributed by atoms with Crippen molar-refractivity contribution in [3.8, 4) is 5.75 Å². The summed E-state index contributed by atoms with van der Waals surface area (Å²) < 4.78 is 10.1. The second-order valence-corrected chi connectivity index (χ2v) is 5.47. The van der Waals surface area contributed by atoms with E-state index in [4.69, 9.17) is 4.74 Å². The molecule has 112 valence electrons. The number of hydrogen-bond acceptors (Lipinski definition) is 4. The van der Waals surface area contributed by atoms with E-state index < -0.39 is 12.1 Å². The molecule has 4 heteroatoms. The van der Waals surface area contributed by atoms with Crippen LogP contribution in [0.5, 0.6) is 5.75 Å². The number of aliphatic hydroxyl groups excluding tert-OH is 1. The maximum absolute atomic E-state index is 11.5. The van der Waals surface area contributed by atoms with Gasteiger partial charge >= 0.3 is 5.97 Å². The molecule has 20 heavy (non-hydrogen) atoms. The molecule has 0 aliphatic heterocycles. The molecule has 0 fully saturated rings. The zero-order valence-electron chi connectivity index (χ0n) is 13.1. The molecule has 1 aromatic rings. The highest BCUT2D eigenvalue weighted by Gasteiger charge is 2.23. The third-order valence-electron chi connectivity index (χ3n) is 3.36. The van der Waals surface area contributed by atoms with Crippen LogP contribution in [0.25, 0.3) is 0 Å². The molecule has 0 heterocycles. The molecule has 0 saturated heterocycles. The lowest BCUT2D eigenvalue weighted by atomic mass is 9.90. The number of methoxy groups -OCH3 is 2. The average Bonchev–Trinajstić information content (AvgIpc) is 2.43. The van der Waals surface area contributed by atoms with Crippen molar-refractivity contribution in [1.82, 2.24) is 0 Å². The number of aliphatic hydroxyl groups is 1. The van der Waals surface area contributed by atoms with Crippen molar-refractivity contribution in [2.24, 2.45) is 0 Å². The van der Waals surface area contributed by atoms with Gasteiger partial charge in [0, 0.05) is 0 Å². The molecule has 0 aliphatic carbocycles. The van der Waals surface area contributed by atoms with E-state index in [0.717, 1.165) is 16.9 Å². The van der Waals surface area contributed by atoms with Crippen LogP contribution in [0, 0.1) is 0 Å². The first kappa shape index (κ1) is 16.5. The summed E-state index contributed by atoms with van der Waals surface area (Å²) in [4.78, 5) is 11.5. The van der Waals surface area contributed by atoms with Gasteiger partial charge in [-0.05, 0) is 40.7 Å². The van der Waals surface area contributed by atoms with Crippen LogP contribution in [0.3, 0.4) is 0 Å². The summed E-state index contributed by atoms with van der Waals surface area (Å²) >= 11 is 0. The smallest absolute Gasteiger partial charge is 0.339 e. The highest BCUT2D eigenvalue weighted by atomic mass is 16.5. The van der Waals surface area contributed by atoms with Crippen molar-refractivity contribution in [1.29, 1.82) is 0 Å². The number of ether oxygens (including phenoxy) is 2. The lowest BCUT2D eigenvalue weighted by molar-refractivity contribution is -0.150. The summed E-state index contributed by atoms with van der Waals surface area (Å²) in [5, 5.41) is 10.0. The van der Waals surface area contributed by atoms with Crippen molar-refractivity contribution in [3.05, 3.63) is 28.8 Å². The van der Waals surface area contributed by atoms with Crippen molar-refractivity contribution < 1.29 is 19.4 Å². The highest BCUT2D eigenvalue weighted by molar-refractivity contribution is 5.76. The van der Waals surface area contributed by atoms with Crippen LogP contribution in [-0.2, 0) is 9.53 Å². The molecule has 0 spiro atoms. The molecule has 4 nitrogen and oxygen atoms in total. The second-order valence-electron chi connectivity index (χ2n) is 5.47. The Hall–Kier alpha value is -1.55. The zero-order valence-corrected chi connectivity index (χ0v) is 13.1. The fourth-order valence-electron chi connectivity index (χ4n) is 2.20. The Morgan fingerprint density at radius 2 is 1.50 bits per heavy atom. The SMILES string of the molecule is COC(=O)C(O)c1cc(C(C)C)c(OC)c(C(C)C)c1. The molecule has 0 saturated carbocycles. The van der Waals surface area contributed by atoms with Gasteiger partial charge in [0.1, 0.15) is 5.75 Å². The van der Waals surface area contributed by atoms with Crippen molar-refractivity contribution in [2.45, 2.75) is 45.6 Å². The molecule has 1 aromatic carbocycles. The normalized spacial score (nSPS) is 12.7. The second kappa shape index (κ2) is 6.75. The van der Waals surface area contributed by atoms with E-state index in [1.807, 2.05) is 12.1 Å². The lowest BCUT2D eigenvalue weighted by Gasteiger charge is -2.21. The van der Waals surface area contributed by atoms with E-state index in [9.17, 15) is 9.90 Å². The molecule has 1 unspecified atom stereocenters. The van der Waals surface area contributed by atoms with Crippen molar-refractivity contribution in [3.63, 3.8) is 0 Å². The highest BCUT2D eigenvalue weighted by Crippen LogP contribution is 2.37. The van der Waals surface area contributed by atoms with Gasteiger partial charge in [-0.3, -0.25) is 0 Å². The number of carbonyl (C=O) groups excluding carboxylic acids is 1. The molecule has 0 aromatic heterocycles. The van der Waals surface area contributed by atoms with Gasteiger partial charge in [0.2, 0.25) is 0 Å². The third-order valence-corrected chi connectivity index (χ3v) is 3.36. The van der Waals surface area contributed by atoms with E-state index in [0.29, 0.717) is 5.56 Å². The summed E-state index contributed by atoms with van der Waals surface area (Å²) in [6, 6.07) is 3.63. The van der Waals surface area contributed by atoms with Gasteiger partial charge in [-0.2, -0.15) is 0 Å². The van der Waals surface area contributed by atoms with Crippen LogP contribution in [0.4, 0.5) is 0 Å². The van der Waals surface area contributed by atoms with E-state index in [1.165, 1.54) is 7.11 Å². The standard InChI is InChI=1S/C16H24O4/c1-9(2)12-7-11(14(17)16(18)20-6)8-13(10(3)4)15(12)19-5/h7-10,14,17H,1-6H3. The monoisotopic (exact) mass is 280 g/mol. The molecular weight excluding hydrogens is 256 g/mol. The molecule has 0 radical (unpaired) electrons. The number of benzene rings is 1. The molecule has 1 rings (SSSR count). The topological polar surface area (TPSA) is 55.8 Å². The van der Waals surface area contributed by atoms with Gasteiger partial charge < -0.3 is 14.6 Å². The Balaban J connectivity index is 3.45. The van der Waals surface area contributed by atoms with Gasteiger partial charge in [-0.25, -0.2) is 4.79 Å². The molecule has 0 amide bonds. The predicted molar refractivity (Wildman–Crippen MR) is 78.1 cm³/mol. The third kappa shape index (κ3) is 3.31. The van der Waals surface area contributed by atoms with Gasteiger partial charge in [0.05, 0.1) is 14.2 Å².